The van der Waals surface area contributed by atoms with Crippen molar-refractivity contribution in [2.45, 2.75) is 70.7 Å². The van der Waals surface area contributed by atoms with E-state index in [1.165, 1.54) is 6.42 Å². The maximum absolute atomic E-state index is 11.6. The van der Waals surface area contributed by atoms with Crippen molar-refractivity contribution in [3.8, 4) is 0 Å². The molecule has 0 saturated heterocycles. The third-order valence-electron chi connectivity index (χ3n) is 5.10. The van der Waals surface area contributed by atoms with Gasteiger partial charge in [-0.15, -0.1) is 0 Å². The van der Waals surface area contributed by atoms with E-state index in [0.29, 0.717) is 6.42 Å². The molecule has 0 aromatic carbocycles. The summed E-state index contributed by atoms with van der Waals surface area (Å²) in [5, 5.41) is 0.239. The van der Waals surface area contributed by atoms with Crippen LogP contribution in [-0.4, -0.2) is 20.2 Å². The molecule has 0 aliphatic heterocycles. The van der Waals surface area contributed by atoms with Crippen molar-refractivity contribution in [1.29, 1.82) is 0 Å². The van der Waals surface area contributed by atoms with Gasteiger partial charge in [-0.2, -0.15) is 0 Å². The maximum atomic E-state index is 11.6. The molecule has 0 heterocycles. The minimum absolute atomic E-state index is 0.0343. The summed E-state index contributed by atoms with van der Waals surface area (Å²) in [5.74, 6) is 0.278. The van der Waals surface area contributed by atoms with E-state index in [-0.39, 0.29) is 22.3 Å². The zero-order valence-corrected chi connectivity index (χ0v) is 13.4. The second-order valence-electron chi connectivity index (χ2n) is 7.47. The van der Waals surface area contributed by atoms with E-state index in [0.717, 1.165) is 12.8 Å². The van der Waals surface area contributed by atoms with Crippen LogP contribution in [0.3, 0.4) is 0 Å². The molecule has 1 saturated carbocycles. The summed E-state index contributed by atoms with van der Waals surface area (Å²) in [6.07, 6.45) is 8.27. The normalized spacial score (nSPS) is 32.7. The van der Waals surface area contributed by atoms with Crippen molar-refractivity contribution < 1.29 is 9.22 Å². The molecule has 102 valence electrons. The average Bonchev–Trinajstić information content (AvgIpc) is 2.74. The number of allylic oxidation sites excluding steroid dienone is 1. The number of carbonyl (C=O) groups excluding carboxylic acids is 1. The van der Waals surface area contributed by atoms with Gasteiger partial charge in [-0.05, 0) is 43.5 Å². The monoisotopic (exact) mass is 266 g/mol. The van der Waals surface area contributed by atoms with Gasteiger partial charge in [0.15, 0.2) is 14.1 Å². The van der Waals surface area contributed by atoms with Crippen LogP contribution in [0, 0.1) is 5.41 Å². The van der Waals surface area contributed by atoms with Crippen LogP contribution in [0.4, 0.5) is 0 Å². The molecule has 3 heteroatoms. The van der Waals surface area contributed by atoms with Gasteiger partial charge in [-0.25, -0.2) is 0 Å². The lowest BCUT2D eigenvalue weighted by atomic mass is 9.84. The summed E-state index contributed by atoms with van der Waals surface area (Å²) < 4.78 is 6.58. The quantitative estimate of drug-likeness (QED) is 0.704. The summed E-state index contributed by atoms with van der Waals surface area (Å²) in [4.78, 5) is 11.6. The molecular weight excluding hydrogens is 240 g/mol. The average molecular weight is 266 g/mol. The molecule has 0 aromatic heterocycles. The van der Waals surface area contributed by atoms with Crippen LogP contribution in [-0.2, 0) is 9.22 Å². The Morgan fingerprint density at radius 2 is 2.06 bits per heavy atom. The second-order valence-corrected chi connectivity index (χ2v) is 12.2. The SMILES string of the molecule is CC(C)(C)[Si](C)(C)O[C@H]1CCC[C@]12C=CC(=O)C2. The fraction of sp³-hybridized carbons (Fsp3) is 0.800. The largest absolute Gasteiger partial charge is 0.413 e. The first-order chi connectivity index (χ1) is 8.16. The number of hydrogen-bond donors (Lipinski definition) is 0. The summed E-state index contributed by atoms with van der Waals surface area (Å²) in [7, 11) is -1.73. The summed E-state index contributed by atoms with van der Waals surface area (Å²) in [6.45, 7) is 11.4. The van der Waals surface area contributed by atoms with Crippen LogP contribution < -0.4 is 0 Å². The van der Waals surface area contributed by atoms with Crippen molar-refractivity contribution in [2.24, 2.45) is 5.41 Å². The Kier molecular flexibility index (Phi) is 3.35. The third-order valence-corrected chi connectivity index (χ3v) is 9.58. The molecule has 0 aromatic rings. The molecule has 18 heavy (non-hydrogen) atoms. The van der Waals surface area contributed by atoms with E-state index in [1.807, 2.05) is 0 Å². The summed E-state index contributed by atoms with van der Waals surface area (Å²) in [6, 6.07) is 0. The van der Waals surface area contributed by atoms with Crippen LogP contribution >= 0.6 is 0 Å². The molecule has 0 unspecified atom stereocenters. The van der Waals surface area contributed by atoms with Gasteiger partial charge in [0.25, 0.3) is 0 Å². The van der Waals surface area contributed by atoms with E-state index in [9.17, 15) is 4.79 Å². The number of rotatable bonds is 2. The molecule has 0 amide bonds. The van der Waals surface area contributed by atoms with Gasteiger partial charge in [0.1, 0.15) is 0 Å². The minimum Gasteiger partial charge on any atom is -0.413 e. The predicted molar refractivity (Wildman–Crippen MR) is 77.1 cm³/mol. The Morgan fingerprint density at radius 1 is 1.39 bits per heavy atom. The molecule has 2 nitrogen and oxygen atoms in total. The molecule has 0 bridgehead atoms. The summed E-state index contributed by atoms with van der Waals surface area (Å²) in [5.41, 5.74) is 0.0343. The molecule has 1 spiro atoms. The van der Waals surface area contributed by atoms with E-state index in [1.54, 1.807) is 6.08 Å². The van der Waals surface area contributed by atoms with E-state index < -0.39 is 8.32 Å². The highest BCUT2D eigenvalue weighted by molar-refractivity contribution is 6.74. The highest BCUT2D eigenvalue weighted by Gasteiger charge is 2.49. The standard InChI is InChI=1S/C15H26O2Si/c1-14(2,3)18(4,5)17-13-7-6-9-15(13)10-8-12(16)11-15/h8,10,13H,6-7,9,11H2,1-5H3/t13-,15+/m0/s1. The van der Waals surface area contributed by atoms with Crippen LogP contribution in [0.2, 0.25) is 18.1 Å². The Balaban J connectivity index is 2.15. The van der Waals surface area contributed by atoms with Crippen molar-refractivity contribution in [3.05, 3.63) is 12.2 Å². The van der Waals surface area contributed by atoms with E-state index in [4.69, 9.17) is 4.43 Å². The lowest BCUT2D eigenvalue weighted by Gasteiger charge is -2.42. The molecule has 2 atom stereocenters. The van der Waals surface area contributed by atoms with Gasteiger partial charge in [-0.1, -0.05) is 26.8 Å². The fourth-order valence-electron chi connectivity index (χ4n) is 2.87. The second kappa shape index (κ2) is 4.31. The number of carbonyl (C=O) groups is 1. The van der Waals surface area contributed by atoms with Crippen LogP contribution in [0.15, 0.2) is 12.2 Å². The smallest absolute Gasteiger partial charge is 0.192 e. The van der Waals surface area contributed by atoms with Crippen LogP contribution in [0.1, 0.15) is 46.5 Å². The zero-order chi connectivity index (χ0) is 13.6. The fourth-order valence-corrected chi connectivity index (χ4v) is 4.29. The summed E-state index contributed by atoms with van der Waals surface area (Å²) >= 11 is 0. The lowest BCUT2D eigenvalue weighted by molar-refractivity contribution is -0.116. The first-order valence-corrected chi connectivity index (χ1v) is 9.97. The minimum atomic E-state index is -1.73. The van der Waals surface area contributed by atoms with Crippen LogP contribution in [0.5, 0.6) is 0 Å². The topological polar surface area (TPSA) is 26.3 Å². The van der Waals surface area contributed by atoms with E-state index >= 15 is 0 Å². The van der Waals surface area contributed by atoms with Gasteiger partial charge < -0.3 is 4.43 Å². The molecule has 1 fully saturated rings. The zero-order valence-electron chi connectivity index (χ0n) is 12.4. The first kappa shape index (κ1) is 14.0. The Hall–Kier alpha value is -0.413. The van der Waals surface area contributed by atoms with Gasteiger partial charge in [0, 0.05) is 11.8 Å². The molecule has 0 N–H and O–H groups in total. The Bertz CT molecular complexity index is 378. The Morgan fingerprint density at radius 3 is 2.56 bits per heavy atom. The molecule has 2 aliphatic carbocycles. The predicted octanol–water partition coefficient (Wildman–Crippen LogP) is 4.08. The lowest BCUT2D eigenvalue weighted by Crippen LogP contribution is -2.47. The van der Waals surface area contributed by atoms with Crippen molar-refractivity contribution in [2.75, 3.05) is 0 Å². The highest BCUT2D eigenvalue weighted by atomic mass is 28.4. The highest BCUT2D eigenvalue weighted by Crippen LogP contribution is 2.50. The molecular formula is C15H26O2Si. The molecule has 2 rings (SSSR count). The molecule has 0 radical (unpaired) electrons. The third kappa shape index (κ3) is 2.35. The van der Waals surface area contributed by atoms with Crippen molar-refractivity contribution in [1.82, 2.24) is 0 Å². The van der Waals surface area contributed by atoms with Crippen LogP contribution in [0.25, 0.3) is 0 Å². The number of hydrogen-bond acceptors (Lipinski definition) is 2. The first-order valence-electron chi connectivity index (χ1n) is 7.06. The maximum Gasteiger partial charge on any atom is 0.192 e. The number of ketones is 1. The molecule has 2 aliphatic rings. The van der Waals surface area contributed by atoms with Gasteiger partial charge in [0.05, 0.1) is 6.10 Å². The Labute approximate surface area is 112 Å². The van der Waals surface area contributed by atoms with Gasteiger partial charge >= 0.3 is 0 Å². The van der Waals surface area contributed by atoms with Gasteiger partial charge in [-0.3, -0.25) is 4.79 Å². The van der Waals surface area contributed by atoms with E-state index in [2.05, 4.69) is 39.9 Å². The van der Waals surface area contributed by atoms with Crippen molar-refractivity contribution in [3.63, 3.8) is 0 Å². The van der Waals surface area contributed by atoms with Crippen molar-refractivity contribution >= 4 is 14.1 Å². The van der Waals surface area contributed by atoms with Gasteiger partial charge in [0.2, 0.25) is 0 Å².